The van der Waals surface area contributed by atoms with Gasteiger partial charge in [-0.2, -0.15) is 0 Å². The Bertz CT molecular complexity index is 289. The molecule has 0 unspecified atom stereocenters. The Morgan fingerprint density at radius 3 is 2.91 bits per heavy atom. The summed E-state index contributed by atoms with van der Waals surface area (Å²) in [5.74, 6) is 0. The zero-order valence-corrected chi connectivity index (χ0v) is 6.20. The van der Waals surface area contributed by atoms with E-state index in [0.29, 0.717) is 0 Å². The highest BCUT2D eigenvalue weighted by molar-refractivity contribution is 5.56. The first-order valence-electron chi connectivity index (χ1n) is 3.81. The standard InChI is InChI=1S/C10H10O/c11-10-7-3-5-8-4-1-2-6-9(8)10/h1-6,10-11H,7H2/t10-/m0/s1. The Morgan fingerprint density at radius 2 is 2.09 bits per heavy atom. The molecule has 2 rings (SSSR count). The second kappa shape index (κ2) is 2.51. The second-order valence-electron chi connectivity index (χ2n) is 2.78. The number of hydrogen-bond donors (Lipinski definition) is 1. The van der Waals surface area contributed by atoms with Gasteiger partial charge in [-0.25, -0.2) is 0 Å². The molecule has 1 nitrogen and oxygen atoms in total. The number of aliphatic hydroxyl groups is 1. The lowest BCUT2D eigenvalue weighted by Crippen LogP contribution is -2.01. The van der Waals surface area contributed by atoms with Gasteiger partial charge in [-0.1, -0.05) is 36.4 Å². The van der Waals surface area contributed by atoms with Crippen LogP contribution in [-0.4, -0.2) is 5.11 Å². The minimum Gasteiger partial charge on any atom is -0.388 e. The molecule has 1 atom stereocenters. The van der Waals surface area contributed by atoms with Gasteiger partial charge in [-0.15, -0.1) is 0 Å². The van der Waals surface area contributed by atoms with Crippen LogP contribution in [0.4, 0.5) is 0 Å². The predicted molar refractivity (Wildman–Crippen MR) is 45.1 cm³/mol. The molecule has 1 aliphatic carbocycles. The van der Waals surface area contributed by atoms with Crippen LogP contribution in [0, 0.1) is 0 Å². The first-order chi connectivity index (χ1) is 5.38. The fraction of sp³-hybridized carbons (Fsp3) is 0.200. The van der Waals surface area contributed by atoms with Gasteiger partial charge in [0.1, 0.15) is 0 Å². The van der Waals surface area contributed by atoms with Crippen LogP contribution < -0.4 is 0 Å². The maximum absolute atomic E-state index is 9.51. The monoisotopic (exact) mass is 146 g/mol. The summed E-state index contributed by atoms with van der Waals surface area (Å²) in [6, 6.07) is 7.94. The van der Waals surface area contributed by atoms with Crippen LogP contribution in [0.2, 0.25) is 0 Å². The number of benzene rings is 1. The summed E-state index contributed by atoms with van der Waals surface area (Å²) in [5, 5.41) is 9.51. The lowest BCUT2D eigenvalue weighted by atomic mass is 9.95. The second-order valence-corrected chi connectivity index (χ2v) is 2.78. The molecule has 11 heavy (non-hydrogen) atoms. The number of rotatable bonds is 0. The maximum Gasteiger partial charge on any atom is 0.0830 e. The van der Waals surface area contributed by atoms with Gasteiger partial charge in [-0.3, -0.25) is 0 Å². The Hall–Kier alpha value is -1.08. The first kappa shape index (κ1) is 6.62. The fourth-order valence-electron chi connectivity index (χ4n) is 1.42. The van der Waals surface area contributed by atoms with E-state index in [-0.39, 0.29) is 6.10 Å². The van der Waals surface area contributed by atoms with Crippen molar-refractivity contribution >= 4 is 6.08 Å². The van der Waals surface area contributed by atoms with E-state index in [2.05, 4.69) is 6.08 Å². The zero-order chi connectivity index (χ0) is 7.68. The highest BCUT2D eigenvalue weighted by atomic mass is 16.3. The van der Waals surface area contributed by atoms with Crippen LogP contribution in [-0.2, 0) is 0 Å². The highest BCUT2D eigenvalue weighted by Gasteiger charge is 2.11. The van der Waals surface area contributed by atoms with Crippen LogP contribution in [0.3, 0.4) is 0 Å². The predicted octanol–water partition coefficient (Wildman–Crippen LogP) is 2.14. The van der Waals surface area contributed by atoms with E-state index in [1.165, 1.54) is 0 Å². The van der Waals surface area contributed by atoms with Crippen LogP contribution in [0.5, 0.6) is 0 Å². The fourth-order valence-corrected chi connectivity index (χ4v) is 1.42. The molecule has 0 bridgehead atoms. The Morgan fingerprint density at radius 1 is 1.27 bits per heavy atom. The van der Waals surface area contributed by atoms with Gasteiger partial charge in [0.2, 0.25) is 0 Å². The van der Waals surface area contributed by atoms with Crippen molar-refractivity contribution in [2.45, 2.75) is 12.5 Å². The van der Waals surface area contributed by atoms with E-state index < -0.39 is 0 Å². The molecule has 0 fully saturated rings. The van der Waals surface area contributed by atoms with Crippen molar-refractivity contribution in [3.05, 3.63) is 41.5 Å². The zero-order valence-electron chi connectivity index (χ0n) is 6.20. The van der Waals surface area contributed by atoms with E-state index in [9.17, 15) is 5.11 Å². The highest BCUT2D eigenvalue weighted by Crippen LogP contribution is 2.26. The van der Waals surface area contributed by atoms with E-state index in [1.54, 1.807) is 0 Å². The molecule has 0 aliphatic heterocycles. The average Bonchev–Trinajstić information content (AvgIpc) is 2.06. The minimum absolute atomic E-state index is 0.295. The molecule has 1 aromatic rings. The smallest absolute Gasteiger partial charge is 0.0830 e. The number of hydrogen-bond acceptors (Lipinski definition) is 1. The summed E-state index contributed by atoms with van der Waals surface area (Å²) in [5.41, 5.74) is 2.20. The van der Waals surface area contributed by atoms with Crippen molar-refractivity contribution in [1.29, 1.82) is 0 Å². The van der Waals surface area contributed by atoms with Crippen LogP contribution in [0.1, 0.15) is 23.7 Å². The van der Waals surface area contributed by atoms with Gasteiger partial charge in [0.15, 0.2) is 0 Å². The lowest BCUT2D eigenvalue weighted by molar-refractivity contribution is 0.180. The summed E-state index contributed by atoms with van der Waals surface area (Å²) in [4.78, 5) is 0. The molecule has 1 N–H and O–H groups in total. The molecule has 0 amide bonds. The van der Waals surface area contributed by atoms with Crippen molar-refractivity contribution in [2.24, 2.45) is 0 Å². The topological polar surface area (TPSA) is 20.2 Å². The van der Waals surface area contributed by atoms with Gasteiger partial charge in [-0.05, 0) is 17.5 Å². The molecule has 0 heterocycles. The van der Waals surface area contributed by atoms with Crippen LogP contribution in [0.25, 0.3) is 6.08 Å². The van der Waals surface area contributed by atoms with Gasteiger partial charge in [0, 0.05) is 0 Å². The van der Waals surface area contributed by atoms with E-state index in [0.717, 1.165) is 17.5 Å². The third-order valence-electron chi connectivity index (χ3n) is 2.01. The van der Waals surface area contributed by atoms with Crippen molar-refractivity contribution in [3.63, 3.8) is 0 Å². The average molecular weight is 146 g/mol. The number of fused-ring (bicyclic) bond motifs is 1. The molecule has 0 radical (unpaired) electrons. The molecule has 56 valence electrons. The summed E-state index contributed by atoms with van der Waals surface area (Å²) in [6.07, 6.45) is 4.52. The van der Waals surface area contributed by atoms with Crippen LogP contribution in [0.15, 0.2) is 30.3 Å². The molecule has 1 aliphatic rings. The molecule has 1 aromatic carbocycles. The van der Waals surface area contributed by atoms with Crippen molar-refractivity contribution in [3.8, 4) is 0 Å². The van der Waals surface area contributed by atoms with E-state index in [1.807, 2.05) is 30.3 Å². The molecule has 0 saturated heterocycles. The van der Waals surface area contributed by atoms with Gasteiger partial charge in [0.05, 0.1) is 6.10 Å². The third-order valence-corrected chi connectivity index (χ3v) is 2.01. The van der Waals surface area contributed by atoms with Crippen molar-refractivity contribution in [2.75, 3.05) is 0 Å². The van der Waals surface area contributed by atoms with Crippen LogP contribution >= 0.6 is 0 Å². The van der Waals surface area contributed by atoms with Gasteiger partial charge < -0.3 is 5.11 Å². The molecule has 1 heteroatoms. The van der Waals surface area contributed by atoms with E-state index in [4.69, 9.17) is 0 Å². The Labute approximate surface area is 66.0 Å². The molecular formula is C10H10O. The minimum atomic E-state index is -0.295. The molecule has 0 spiro atoms. The Balaban J connectivity index is 2.54. The summed E-state index contributed by atoms with van der Waals surface area (Å²) in [6.45, 7) is 0. The quantitative estimate of drug-likeness (QED) is 0.594. The molecular weight excluding hydrogens is 136 g/mol. The SMILES string of the molecule is O[C@H]1CC=Cc2ccccc21. The molecule has 0 saturated carbocycles. The summed E-state index contributed by atoms with van der Waals surface area (Å²) < 4.78 is 0. The third kappa shape index (κ3) is 1.08. The lowest BCUT2D eigenvalue weighted by Gasteiger charge is -2.15. The number of aliphatic hydroxyl groups excluding tert-OH is 1. The maximum atomic E-state index is 9.51. The summed E-state index contributed by atoms with van der Waals surface area (Å²) >= 11 is 0. The Kier molecular flexibility index (Phi) is 1.51. The van der Waals surface area contributed by atoms with Gasteiger partial charge >= 0.3 is 0 Å². The van der Waals surface area contributed by atoms with Gasteiger partial charge in [0.25, 0.3) is 0 Å². The summed E-state index contributed by atoms with van der Waals surface area (Å²) in [7, 11) is 0. The van der Waals surface area contributed by atoms with E-state index >= 15 is 0 Å². The van der Waals surface area contributed by atoms with Crippen molar-refractivity contribution in [1.82, 2.24) is 0 Å². The largest absolute Gasteiger partial charge is 0.388 e. The molecule has 0 aromatic heterocycles. The van der Waals surface area contributed by atoms with Crippen molar-refractivity contribution < 1.29 is 5.11 Å². The normalized spacial score (nSPS) is 21.4. The first-order valence-corrected chi connectivity index (χ1v) is 3.81.